The summed E-state index contributed by atoms with van der Waals surface area (Å²) in [6, 6.07) is 0. The van der Waals surface area contributed by atoms with Crippen molar-refractivity contribution in [3.63, 3.8) is 0 Å². The lowest BCUT2D eigenvalue weighted by Gasteiger charge is -2.37. The molecule has 2 heterocycles. The van der Waals surface area contributed by atoms with Crippen LogP contribution in [0, 0.1) is 0 Å². The van der Waals surface area contributed by atoms with Crippen molar-refractivity contribution in [2.75, 3.05) is 39.5 Å². The average Bonchev–Trinajstić information content (AvgIpc) is 2.23. The van der Waals surface area contributed by atoms with Crippen molar-refractivity contribution in [3.05, 3.63) is 0 Å². The van der Waals surface area contributed by atoms with Crippen molar-refractivity contribution >= 4 is 10.0 Å². The summed E-state index contributed by atoms with van der Waals surface area (Å²) >= 11 is 0. The Labute approximate surface area is 115 Å². The van der Waals surface area contributed by atoms with Crippen LogP contribution in [0.1, 0.15) is 20.8 Å². The molecule has 2 fully saturated rings. The zero-order valence-corrected chi connectivity index (χ0v) is 12.7. The van der Waals surface area contributed by atoms with Gasteiger partial charge in [-0.25, -0.2) is 8.42 Å². The topological polar surface area (TPSA) is 67.9 Å². The van der Waals surface area contributed by atoms with Crippen LogP contribution in [0.25, 0.3) is 0 Å². The van der Waals surface area contributed by atoms with E-state index in [0.29, 0.717) is 39.5 Å². The fourth-order valence-electron chi connectivity index (χ4n) is 2.06. The molecule has 2 aliphatic rings. The lowest BCUT2D eigenvalue weighted by atomic mass is 10.1. The number of hydrogen-bond donors (Lipinski definition) is 1. The Bertz CT molecular complexity index is 400. The van der Waals surface area contributed by atoms with Crippen LogP contribution in [0.4, 0.5) is 0 Å². The van der Waals surface area contributed by atoms with E-state index in [1.165, 1.54) is 0 Å². The molecule has 0 bridgehead atoms. The predicted octanol–water partition coefficient (Wildman–Crippen LogP) is -0.196. The molecule has 112 valence electrons. The van der Waals surface area contributed by atoms with Gasteiger partial charge in [0.2, 0.25) is 10.0 Å². The van der Waals surface area contributed by atoms with Gasteiger partial charge in [-0.3, -0.25) is 0 Å². The Morgan fingerprint density at radius 3 is 2.53 bits per heavy atom. The van der Waals surface area contributed by atoms with E-state index < -0.39 is 10.0 Å². The lowest BCUT2D eigenvalue weighted by molar-refractivity contribution is -0.00723. The second kappa shape index (κ2) is 5.65. The third-order valence-corrected chi connectivity index (χ3v) is 5.52. The van der Waals surface area contributed by atoms with Gasteiger partial charge >= 0.3 is 0 Å². The minimum absolute atomic E-state index is 0.00627. The summed E-state index contributed by atoms with van der Waals surface area (Å²) in [6.45, 7) is 8.89. The van der Waals surface area contributed by atoms with Gasteiger partial charge in [0.25, 0.3) is 0 Å². The Balaban J connectivity index is 1.90. The molecule has 2 rings (SSSR count). The first-order chi connectivity index (χ1) is 8.79. The summed E-state index contributed by atoms with van der Waals surface area (Å²) in [4.78, 5) is 0. The SMILES string of the molecule is CC(C)(C)NCC1CN(S(=O)(=O)C2COC2)CCO1. The van der Waals surface area contributed by atoms with Crippen LogP contribution in [0.2, 0.25) is 0 Å². The van der Waals surface area contributed by atoms with Crippen LogP contribution in [-0.4, -0.2) is 69.1 Å². The molecule has 1 atom stereocenters. The number of nitrogens with zero attached hydrogens (tertiary/aromatic N) is 1. The molecule has 2 aliphatic heterocycles. The molecule has 1 N–H and O–H groups in total. The molecular weight excluding hydrogens is 268 g/mol. The summed E-state index contributed by atoms with van der Waals surface area (Å²) in [5.74, 6) is 0. The quantitative estimate of drug-likeness (QED) is 0.777. The zero-order chi connectivity index (χ0) is 14.1. The molecule has 0 aromatic carbocycles. The molecule has 19 heavy (non-hydrogen) atoms. The molecule has 1 unspecified atom stereocenters. The molecule has 0 amide bonds. The Hall–Kier alpha value is -0.210. The lowest BCUT2D eigenvalue weighted by Crippen LogP contribution is -2.56. The monoisotopic (exact) mass is 292 g/mol. The first kappa shape index (κ1) is 15.2. The maximum absolute atomic E-state index is 12.3. The number of hydrogen-bond acceptors (Lipinski definition) is 5. The van der Waals surface area contributed by atoms with Crippen LogP contribution in [-0.2, 0) is 19.5 Å². The van der Waals surface area contributed by atoms with E-state index in [-0.39, 0.29) is 16.9 Å². The van der Waals surface area contributed by atoms with Gasteiger partial charge in [-0.05, 0) is 20.8 Å². The Morgan fingerprint density at radius 1 is 1.32 bits per heavy atom. The molecule has 0 aromatic heterocycles. The van der Waals surface area contributed by atoms with E-state index in [2.05, 4.69) is 26.1 Å². The van der Waals surface area contributed by atoms with Gasteiger partial charge < -0.3 is 14.8 Å². The van der Waals surface area contributed by atoms with Gasteiger partial charge in [0.1, 0.15) is 5.25 Å². The molecule has 0 aromatic rings. The molecule has 6 nitrogen and oxygen atoms in total. The second-order valence-electron chi connectivity index (χ2n) is 6.19. The minimum Gasteiger partial charge on any atom is -0.378 e. The fourth-order valence-corrected chi connectivity index (χ4v) is 3.72. The van der Waals surface area contributed by atoms with Crippen LogP contribution in [0.15, 0.2) is 0 Å². The predicted molar refractivity (Wildman–Crippen MR) is 72.6 cm³/mol. The highest BCUT2D eigenvalue weighted by Gasteiger charge is 2.39. The summed E-state index contributed by atoms with van der Waals surface area (Å²) in [6.07, 6.45) is -0.0799. The van der Waals surface area contributed by atoms with Crippen molar-refractivity contribution in [1.29, 1.82) is 0 Å². The molecule has 2 saturated heterocycles. The smallest absolute Gasteiger partial charge is 0.221 e. The number of nitrogens with one attached hydrogen (secondary N) is 1. The van der Waals surface area contributed by atoms with E-state index in [4.69, 9.17) is 9.47 Å². The zero-order valence-electron chi connectivity index (χ0n) is 11.9. The summed E-state index contributed by atoms with van der Waals surface area (Å²) < 4.78 is 36.7. The maximum Gasteiger partial charge on any atom is 0.221 e. The van der Waals surface area contributed by atoms with E-state index in [9.17, 15) is 8.42 Å². The largest absolute Gasteiger partial charge is 0.378 e. The third-order valence-electron chi connectivity index (χ3n) is 3.35. The minimum atomic E-state index is -3.21. The summed E-state index contributed by atoms with van der Waals surface area (Å²) in [7, 11) is -3.21. The summed E-state index contributed by atoms with van der Waals surface area (Å²) in [5.41, 5.74) is 0.00627. The average molecular weight is 292 g/mol. The Kier molecular flexibility index (Phi) is 4.52. The Morgan fingerprint density at radius 2 is 2.00 bits per heavy atom. The van der Waals surface area contributed by atoms with Gasteiger partial charge in [0.05, 0.1) is 25.9 Å². The number of ether oxygens (including phenoxy) is 2. The molecule has 0 saturated carbocycles. The van der Waals surface area contributed by atoms with Gasteiger partial charge in [-0.15, -0.1) is 0 Å². The maximum atomic E-state index is 12.3. The second-order valence-corrected chi connectivity index (χ2v) is 8.40. The van der Waals surface area contributed by atoms with E-state index >= 15 is 0 Å². The fraction of sp³-hybridized carbons (Fsp3) is 1.00. The van der Waals surface area contributed by atoms with Crippen molar-refractivity contribution in [2.24, 2.45) is 0 Å². The highest BCUT2D eigenvalue weighted by molar-refractivity contribution is 7.89. The molecule has 0 aliphatic carbocycles. The number of rotatable bonds is 4. The molecular formula is C12H24N2O4S. The summed E-state index contributed by atoms with van der Waals surface area (Å²) in [5, 5.41) is 2.99. The van der Waals surface area contributed by atoms with Crippen LogP contribution < -0.4 is 5.32 Å². The van der Waals surface area contributed by atoms with Crippen molar-refractivity contribution in [1.82, 2.24) is 9.62 Å². The first-order valence-corrected chi connectivity index (χ1v) is 8.23. The van der Waals surface area contributed by atoms with E-state index in [1.54, 1.807) is 4.31 Å². The van der Waals surface area contributed by atoms with Gasteiger partial charge in [0.15, 0.2) is 0 Å². The molecule has 7 heteroatoms. The molecule has 0 radical (unpaired) electrons. The highest BCUT2D eigenvalue weighted by Crippen LogP contribution is 2.19. The van der Waals surface area contributed by atoms with Crippen molar-refractivity contribution < 1.29 is 17.9 Å². The van der Waals surface area contributed by atoms with E-state index in [0.717, 1.165) is 0 Å². The number of sulfonamides is 1. The van der Waals surface area contributed by atoms with Crippen LogP contribution in [0.3, 0.4) is 0 Å². The number of morpholine rings is 1. The normalized spacial score (nSPS) is 27.2. The standard InChI is InChI=1S/C12H24N2O4S/c1-12(2,3)13-6-10-7-14(4-5-18-10)19(15,16)11-8-17-9-11/h10-11,13H,4-9H2,1-3H3. The first-order valence-electron chi connectivity index (χ1n) is 6.72. The van der Waals surface area contributed by atoms with Gasteiger partial charge in [-0.2, -0.15) is 4.31 Å². The van der Waals surface area contributed by atoms with Crippen LogP contribution in [0.5, 0.6) is 0 Å². The van der Waals surface area contributed by atoms with E-state index in [1.807, 2.05) is 0 Å². The van der Waals surface area contributed by atoms with Crippen molar-refractivity contribution in [2.45, 2.75) is 37.7 Å². The van der Waals surface area contributed by atoms with Crippen molar-refractivity contribution in [3.8, 4) is 0 Å². The van der Waals surface area contributed by atoms with Gasteiger partial charge in [-0.1, -0.05) is 0 Å². The third kappa shape index (κ3) is 3.88. The van der Waals surface area contributed by atoms with Gasteiger partial charge in [0, 0.05) is 25.2 Å². The highest BCUT2D eigenvalue weighted by atomic mass is 32.2. The van der Waals surface area contributed by atoms with Crippen LogP contribution >= 0.6 is 0 Å². The molecule has 0 spiro atoms.